The summed E-state index contributed by atoms with van der Waals surface area (Å²) in [7, 11) is 0. The van der Waals surface area contributed by atoms with Crippen molar-refractivity contribution in [3.8, 4) is 0 Å². The smallest absolute Gasteiger partial charge is 0.222 e. The fourth-order valence-corrected chi connectivity index (χ4v) is 5.08. The van der Waals surface area contributed by atoms with E-state index in [1.807, 2.05) is 23.2 Å². The Bertz CT molecular complexity index is 654. The lowest BCUT2D eigenvalue weighted by molar-refractivity contribution is -0.129. The topological polar surface area (TPSA) is 60.0 Å². The number of carbonyl (C=O) groups is 1. The van der Waals surface area contributed by atoms with Crippen molar-refractivity contribution in [3.63, 3.8) is 0 Å². The maximum Gasteiger partial charge on any atom is 0.222 e. The van der Waals surface area contributed by atoms with Gasteiger partial charge in [-0.1, -0.05) is 19.9 Å². The molecule has 2 aliphatic rings. The van der Waals surface area contributed by atoms with Crippen molar-refractivity contribution in [2.24, 2.45) is 10.9 Å². The molecule has 162 valence electrons. The van der Waals surface area contributed by atoms with Gasteiger partial charge in [0.2, 0.25) is 5.91 Å². The summed E-state index contributed by atoms with van der Waals surface area (Å²) in [5, 5.41) is 9.13. The maximum atomic E-state index is 12.0. The van der Waals surface area contributed by atoms with Gasteiger partial charge in [0, 0.05) is 37.0 Å². The lowest BCUT2D eigenvalue weighted by atomic mass is 9.97. The first-order chi connectivity index (χ1) is 14.1. The van der Waals surface area contributed by atoms with Crippen LogP contribution in [0.4, 0.5) is 0 Å². The van der Waals surface area contributed by atoms with E-state index in [1.165, 1.54) is 17.7 Å². The van der Waals surface area contributed by atoms with Crippen LogP contribution in [0.25, 0.3) is 0 Å². The molecular formula is C22H37N5OS. The van der Waals surface area contributed by atoms with Crippen LogP contribution in [-0.4, -0.2) is 67.0 Å². The number of thiophene rings is 1. The molecule has 2 fully saturated rings. The van der Waals surface area contributed by atoms with E-state index in [2.05, 4.69) is 46.9 Å². The van der Waals surface area contributed by atoms with Crippen LogP contribution in [0, 0.1) is 5.92 Å². The number of nitrogens with zero attached hydrogens (tertiary/aromatic N) is 3. The Labute approximate surface area is 179 Å². The number of carbonyl (C=O) groups excluding carboxylic acids is 1. The summed E-state index contributed by atoms with van der Waals surface area (Å²) in [5.74, 6) is 1.94. The normalized spacial score (nSPS) is 22.7. The van der Waals surface area contributed by atoms with Crippen molar-refractivity contribution in [1.82, 2.24) is 20.4 Å². The predicted molar refractivity (Wildman–Crippen MR) is 121 cm³/mol. The molecule has 0 spiro atoms. The monoisotopic (exact) mass is 419 g/mol. The van der Waals surface area contributed by atoms with Crippen LogP contribution in [0.5, 0.6) is 0 Å². The molecule has 1 aromatic rings. The summed E-state index contributed by atoms with van der Waals surface area (Å²) in [4.78, 5) is 22.9. The predicted octanol–water partition coefficient (Wildman–Crippen LogP) is 3.09. The summed E-state index contributed by atoms with van der Waals surface area (Å²) < 4.78 is 0. The first-order valence-corrected chi connectivity index (χ1v) is 12.1. The zero-order valence-corrected chi connectivity index (χ0v) is 19.0. The van der Waals surface area contributed by atoms with Gasteiger partial charge in [-0.15, -0.1) is 11.3 Å². The third-order valence-electron chi connectivity index (χ3n) is 6.08. The quantitative estimate of drug-likeness (QED) is 0.527. The number of guanidine groups is 1. The van der Waals surface area contributed by atoms with Gasteiger partial charge in [0.05, 0.1) is 12.6 Å². The molecule has 0 radical (unpaired) electrons. The fourth-order valence-electron chi connectivity index (χ4n) is 4.23. The standard InChI is InChI=1S/C22H37N5OS/c1-4-21(28)27-13-10-18(16-27)25-22(23-5-2)24-15-19(20-7-6-14-29-20)26-11-8-17(3)9-12-26/h6-7,14,17-19H,4-5,8-13,15-16H2,1-3H3,(H2,23,24,25). The van der Waals surface area contributed by atoms with Gasteiger partial charge in [-0.05, 0) is 56.6 Å². The minimum absolute atomic E-state index is 0.244. The van der Waals surface area contributed by atoms with E-state index in [1.54, 1.807) is 0 Å². The molecule has 7 heteroatoms. The number of rotatable bonds is 7. The van der Waals surface area contributed by atoms with Crippen LogP contribution >= 0.6 is 11.3 Å². The Morgan fingerprint density at radius 3 is 2.72 bits per heavy atom. The van der Waals surface area contributed by atoms with Crippen molar-refractivity contribution in [2.75, 3.05) is 39.3 Å². The lowest BCUT2D eigenvalue weighted by Crippen LogP contribution is -2.45. The summed E-state index contributed by atoms with van der Waals surface area (Å²) in [6.45, 7) is 11.9. The molecule has 0 saturated carbocycles. The van der Waals surface area contributed by atoms with Crippen molar-refractivity contribution in [2.45, 2.75) is 58.5 Å². The molecular weight excluding hydrogens is 382 g/mol. The second-order valence-electron chi connectivity index (χ2n) is 8.29. The van der Waals surface area contributed by atoms with Crippen molar-refractivity contribution >= 4 is 23.2 Å². The Kier molecular flexibility index (Phi) is 8.36. The number of amides is 1. The molecule has 2 unspecified atom stereocenters. The fraction of sp³-hybridized carbons (Fsp3) is 0.727. The van der Waals surface area contributed by atoms with Gasteiger partial charge < -0.3 is 15.5 Å². The van der Waals surface area contributed by atoms with Crippen LogP contribution in [0.3, 0.4) is 0 Å². The molecule has 0 bridgehead atoms. The van der Waals surface area contributed by atoms with E-state index < -0.39 is 0 Å². The molecule has 0 aliphatic carbocycles. The van der Waals surface area contributed by atoms with E-state index in [9.17, 15) is 4.79 Å². The van der Waals surface area contributed by atoms with Gasteiger partial charge in [0.25, 0.3) is 0 Å². The number of hydrogen-bond acceptors (Lipinski definition) is 4. The van der Waals surface area contributed by atoms with E-state index >= 15 is 0 Å². The van der Waals surface area contributed by atoms with Crippen LogP contribution in [-0.2, 0) is 4.79 Å². The number of likely N-dealkylation sites (tertiary alicyclic amines) is 2. The van der Waals surface area contributed by atoms with Crippen LogP contribution in [0.1, 0.15) is 57.4 Å². The highest BCUT2D eigenvalue weighted by Crippen LogP contribution is 2.29. The second-order valence-corrected chi connectivity index (χ2v) is 9.27. The third kappa shape index (κ3) is 6.19. The maximum absolute atomic E-state index is 12.0. The van der Waals surface area contributed by atoms with E-state index in [0.717, 1.165) is 57.6 Å². The SMILES string of the molecule is CCNC(=NCC(c1cccs1)N1CCC(C)CC1)NC1CCN(C(=O)CC)C1. The molecule has 2 saturated heterocycles. The summed E-state index contributed by atoms with van der Waals surface area (Å²) in [6, 6.07) is 5.01. The highest BCUT2D eigenvalue weighted by Gasteiger charge is 2.27. The van der Waals surface area contributed by atoms with Gasteiger partial charge in [-0.25, -0.2) is 0 Å². The molecule has 0 aromatic carbocycles. The van der Waals surface area contributed by atoms with Gasteiger partial charge in [-0.3, -0.25) is 14.7 Å². The third-order valence-corrected chi connectivity index (χ3v) is 7.05. The Morgan fingerprint density at radius 1 is 1.28 bits per heavy atom. The van der Waals surface area contributed by atoms with Crippen molar-refractivity contribution in [1.29, 1.82) is 0 Å². The minimum atomic E-state index is 0.244. The summed E-state index contributed by atoms with van der Waals surface area (Å²) in [6.07, 6.45) is 4.10. The Balaban J connectivity index is 1.64. The molecule has 3 heterocycles. The van der Waals surface area contributed by atoms with Crippen LogP contribution in [0.15, 0.2) is 22.5 Å². The van der Waals surface area contributed by atoms with E-state index in [4.69, 9.17) is 4.99 Å². The zero-order chi connectivity index (χ0) is 20.6. The Hall–Kier alpha value is -1.60. The van der Waals surface area contributed by atoms with E-state index in [0.29, 0.717) is 12.5 Å². The van der Waals surface area contributed by atoms with Gasteiger partial charge in [0.1, 0.15) is 0 Å². The number of aliphatic imine (C=N–C) groups is 1. The molecule has 2 atom stereocenters. The number of piperidine rings is 1. The first-order valence-electron chi connectivity index (χ1n) is 11.2. The number of hydrogen-bond donors (Lipinski definition) is 2. The van der Waals surface area contributed by atoms with Crippen molar-refractivity contribution in [3.05, 3.63) is 22.4 Å². The number of nitrogens with one attached hydrogen (secondary N) is 2. The molecule has 2 N–H and O–H groups in total. The lowest BCUT2D eigenvalue weighted by Gasteiger charge is -2.35. The minimum Gasteiger partial charge on any atom is -0.357 e. The average Bonchev–Trinajstić information content (AvgIpc) is 3.41. The van der Waals surface area contributed by atoms with Gasteiger partial charge in [0.15, 0.2) is 5.96 Å². The zero-order valence-electron chi connectivity index (χ0n) is 18.2. The molecule has 3 rings (SSSR count). The largest absolute Gasteiger partial charge is 0.357 e. The average molecular weight is 420 g/mol. The molecule has 1 amide bonds. The first kappa shape index (κ1) is 22.1. The molecule has 29 heavy (non-hydrogen) atoms. The Morgan fingerprint density at radius 2 is 2.07 bits per heavy atom. The van der Waals surface area contributed by atoms with Crippen LogP contribution < -0.4 is 10.6 Å². The molecule has 6 nitrogen and oxygen atoms in total. The molecule has 2 aliphatic heterocycles. The summed E-state index contributed by atoms with van der Waals surface area (Å²) >= 11 is 1.83. The molecule has 1 aromatic heterocycles. The highest BCUT2D eigenvalue weighted by molar-refractivity contribution is 7.10. The highest BCUT2D eigenvalue weighted by atomic mass is 32.1. The summed E-state index contributed by atoms with van der Waals surface area (Å²) in [5.41, 5.74) is 0. The van der Waals surface area contributed by atoms with Gasteiger partial charge >= 0.3 is 0 Å². The van der Waals surface area contributed by atoms with Crippen molar-refractivity contribution < 1.29 is 4.79 Å². The second kappa shape index (κ2) is 11.0. The van der Waals surface area contributed by atoms with E-state index in [-0.39, 0.29) is 11.9 Å². The van der Waals surface area contributed by atoms with Gasteiger partial charge in [-0.2, -0.15) is 0 Å². The van der Waals surface area contributed by atoms with Crippen LogP contribution in [0.2, 0.25) is 0 Å².